The van der Waals surface area contributed by atoms with Gasteiger partial charge in [0.05, 0.1) is 5.92 Å². The highest BCUT2D eigenvalue weighted by atomic mass is 17.2. The zero-order valence-corrected chi connectivity index (χ0v) is 14.9. The summed E-state index contributed by atoms with van der Waals surface area (Å²) in [5.74, 6) is -0.177. The molecule has 0 bridgehead atoms. The molecule has 0 aliphatic heterocycles. The Labute approximate surface area is 131 Å². The first kappa shape index (κ1) is 20.4. The van der Waals surface area contributed by atoms with Crippen LogP contribution in [0, 0.1) is 5.92 Å². The van der Waals surface area contributed by atoms with Crippen LogP contribution in [0.4, 0.5) is 0 Å². The summed E-state index contributed by atoms with van der Waals surface area (Å²) in [4.78, 5) is 22.7. The standard InChI is InChI=1S/C18H36O3/c1-6-9-11-12-14-16(13-10-7-2)17(19)20-21-18(4,5)15-8-3/h16H,6-15H2,1-5H3. The van der Waals surface area contributed by atoms with Crippen LogP contribution in [-0.4, -0.2) is 11.6 Å². The maximum absolute atomic E-state index is 12.2. The molecule has 0 aliphatic carbocycles. The van der Waals surface area contributed by atoms with Crippen molar-refractivity contribution in [1.82, 2.24) is 0 Å². The average molecular weight is 300 g/mol. The predicted molar refractivity (Wildman–Crippen MR) is 87.9 cm³/mol. The van der Waals surface area contributed by atoms with Crippen LogP contribution >= 0.6 is 0 Å². The van der Waals surface area contributed by atoms with Gasteiger partial charge in [-0.05, 0) is 33.1 Å². The van der Waals surface area contributed by atoms with Crippen LogP contribution in [0.3, 0.4) is 0 Å². The predicted octanol–water partition coefficient (Wildman–Crippen LogP) is 5.82. The molecule has 0 aromatic carbocycles. The fourth-order valence-electron chi connectivity index (χ4n) is 2.51. The first-order chi connectivity index (χ1) is 9.96. The Hall–Kier alpha value is -0.570. The Morgan fingerprint density at radius 2 is 1.52 bits per heavy atom. The van der Waals surface area contributed by atoms with Crippen LogP contribution in [0.5, 0.6) is 0 Å². The van der Waals surface area contributed by atoms with Gasteiger partial charge >= 0.3 is 5.97 Å². The molecular formula is C18H36O3. The molecule has 0 N–H and O–H groups in total. The molecule has 0 fully saturated rings. The number of hydrogen-bond donors (Lipinski definition) is 0. The Bertz CT molecular complexity index is 261. The first-order valence-corrected chi connectivity index (χ1v) is 8.86. The van der Waals surface area contributed by atoms with Gasteiger partial charge in [0.25, 0.3) is 0 Å². The summed E-state index contributed by atoms with van der Waals surface area (Å²) in [5.41, 5.74) is -0.387. The fraction of sp³-hybridized carbons (Fsp3) is 0.944. The molecule has 0 rings (SSSR count). The summed E-state index contributed by atoms with van der Waals surface area (Å²) in [6, 6.07) is 0. The topological polar surface area (TPSA) is 35.5 Å². The lowest BCUT2D eigenvalue weighted by atomic mass is 9.95. The van der Waals surface area contributed by atoms with E-state index in [9.17, 15) is 4.79 Å². The Kier molecular flexibility index (Phi) is 11.7. The highest BCUT2D eigenvalue weighted by Gasteiger charge is 2.25. The van der Waals surface area contributed by atoms with Crippen molar-refractivity contribution in [3.63, 3.8) is 0 Å². The van der Waals surface area contributed by atoms with E-state index in [2.05, 4.69) is 20.8 Å². The van der Waals surface area contributed by atoms with Crippen molar-refractivity contribution in [1.29, 1.82) is 0 Å². The molecule has 0 spiro atoms. The van der Waals surface area contributed by atoms with Gasteiger partial charge in [-0.15, -0.1) is 0 Å². The first-order valence-electron chi connectivity index (χ1n) is 8.86. The fourth-order valence-corrected chi connectivity index (χ4v) is 2.51. The van der Waals surface area contributed by atoms with Crippen molar-refractivity contribution in [2.75, 3.05) is 0 Å². The highest BCUT2D eigenvalue weighted by Crippen LogP contribution is 2.22. The van der Waals surface area contributed by atoms with Crippen molar-refractivity contribution in [2.24, 2.45) is 5.92 Å². The van der Waals surface area contributed by atoms with Crippen molar-refractivity contribution in [3.05, 3.63) is 0 Å². The lowest BCUT2D eigenvalue weighted by molar-refractivity contribution is -0.329. The number of rotatable bonds is 13. The molecule has 0 aliphatic rings. The monoisotopic (exact) mass is 300 g/mol. The largest absolute Gasteiger partial charge is 0.345 e. The van der Waals surface area contributed by atoms with E-state index in [1.807, 2.05) is 13.8 Å². The summed E-state index contributed by atoms with van der Waals surface area (Å²) in [5, 5.41) is 0. The van der Waals surface area contributed by atoms with E-state index in [-0.39, 0.29) is 17.5 Å². The van der Waals surface area contributed by atoms with Gasteiger partial charge in [0.2, 0.25) is 0 Å². The van der Waals surface area contributed by atoms with E-state index >= 15 is 0 Å². The molecule has 0 radical (unpaired) electrons. The van der Waals surface area contributed by atoms with Crippen LogP contribution in [0.25, 0.3) is 0 Å². The van der Waals surface area contributed by atoms with Crippen LogP contribution in [0.1, 0.15) is 98.8 Å². The molecule has 1 unspecified atom stereocenters. The van der Waals surface area contributed by atoms with Crippen LogP contribution < -0.4 is 0 Å². The lowest BCUT2D eigenvalue weighted by Crippen LogP contribution is -2.28. The quantitative estimate of drug-likeness (QED) is 0.244. The summed E-state index contributed by atoms with van der Waals surface area (Å²) in [7, 11) is 0. The van der Waals surface area contributed by atoms with Crippen molar-refractivity contribution in [2.45, 2.75) is 104 Å². The van der Waals surface area contributed by atoms with E-state index in [1.165, 1.54) is 19.3 Å². The van der Waals surface area contributed by atoms with Gasteiger partial charge in [0.1, 0.15) is 5.60 Å². The SMILES string of the molecule is CCCCCCC(CCCC)C(=O)OOC(C)(C)CCC. The highest BCUT2D eigenvalue weighted by molar-refractivity contribution is 5.71. The van der Waals surface area contributed by atoms with Crippen molar-refractivity contribution in [3.8, 4) is 0 Å². The molecule has 0 saturated carbocycles. The van der Waals surface area contributed by atoms with E-state index in [4.69, 9.17) is 9.78 Å². The molecule has 0 heterocycles. The average Bonchev–Trinajstić information content (AvgIpc) is 2.44. The zero-order valence-electron chi connectivity index (χ0n) is 14.9. The van der Waals surface area contributed by atoms with Crippen LogP contribution in [-0.2, 0) is 14.6 Å². The Balaban J connectivity index is 4.23. The van der Waals surface area contributed by atoms with Gasteiger partial charge < -0.3 is 0 Å². The lowest BCUT2D eigenvalue weighted by Gasteiger charge is -2.23. The van der Waals surface area contributed by atoms with Gasteiger partial charge in [-0.3, -0.25) is 4.89 Å². The second-order valence-corrected chi connectivity index (χ2v) is 6.68. The smallest absolute Gasteiger partial charge is 0.298 e. The second kappa shape index (κ2) is 12.0. The molecule has 0 amide bonds. The minimum atomic E-state index is -0.387. The van der Waals surface area contributed by atoms with Gasteiger partial charge in [-0.1, -0.05) is 65.7 Å². The van der Waals surface area contributed by atoms with Crippen molar-refractivity contribution < 1.29 is 14.6 Å². The normalized spacial score (nSPS) is 13.2. The molecule has 126 valence electrons. The molecular weight excluding hydrogens is 264 g/mol. The summed E-state index contributed by atoms with van der Waals surface area (Å²) < 4.78 is 0. The Morgan fingerprint density at radius 1 is 0.905 bits per heavy atom. The molecule has 1 atom stereocenters. The van der Waals surface area contributed by atoms with Gasteiger partial charge in [0, 0.05) is 0 Å². The number of unbranched alkanes of at least 4 members (excludes halogenated alkanes) is 4. The number of carbonyl (C=O) groups is 1. The maximum Gasteiger partial charge on any atom is 0.345 e. The number of hydrogen-bond acceptors (Lipinski definition) is 3. The van der Waals surface area contributed by atoms with E-state index in [1.54, 1.807) is 0 Å². The van der Waals surface area contributed by atoms with Gasteiger partial charge in [-0.2, -0.15) is 4.89 Å². The molecule has 0 aromatic heterocycles. The molecule has 21 heavy (non-hydrogen) atoms. The summed E-state index contributed by atoms with van der Waals surface area (Å²) in [6.07, 6.45) is 10.7. The minimum absolute atomic E-state index is 0.000711. The van der Waals surface area contributed by atoms with E-state index in [0.29, 0.717) is 0 Å². The summed E-state index contributed by atoms with van der Waals surface area (Å²) in [6.45, 7) is 10.4. The molecule has 3 heteroatoms. The van der Waals surface area contributed by atoms with Crippen LogP contribution in [0.15, 0.2) is 0 Å². The maximum atomic E-state index is 12.2. The third-order valence-electron chi connectivity index (χ3n) is 3.85. The molecule has 0 aromatic rings. The molecule has 0 saturated heterocycles. The van der Waals surface area contributed by atoms with E-state index in [0.717, 1.165) is 44.9 Å². The van der Waals surface area contributed by atoms with Gasteiger partial charge in [0.15, 0.2) is 0 Å². The Morgan fingerprint density at radius 3 is 2.10 bits per heavy atom. The van der Waals surface area contributed by atoms with Crippen LogP contribution in [0.2, 0.25) is 0 Å². The summed E-state index contributed by atoms with van der Waals surface area (Å²) >= 11 is 0. The van der Waals surface area contributed by atoms with Gasteiger partial charge in [-0.25, -0.2) is 4.79 Å². The number of carbonyl (C=O) groups excluding carboxylic acids is 1. The van der Waals surface area contributed by atoms with E-state index < -0.39 is 0 Å². The molecule has 3 nitrogen and oxygen atoms in total. The minimum Gasteiger partial charge on any atom is -0.298 e. The van der Waals surface area contributed by atoms with Crippen molar-refractivity contribution >= 4 is 5.97 Å². The third-order valence-corrected chi connectivity index (χ3v) is 3.85. The zero-order chi connectivity index (χ0) is 16.1. The third kappa shape index (κ3) is 10.8. The second-order valence-electron chi connectivity index (χ2n) is 6.68.